The summed E-state index contributed by atoms with van der Waals surface area (Å²) in [6.07, 6.45) is 1.78. The number of nitrogens with zero attached hydrogens (tertiary/aromatic N) is 1. The molecule has 0 aliphatic rings. The second-order valence-corrected chi connectivity index (χ2v) is 4.60. The number of benzene rings is 1. The lowest BCUT2D eigenvalue weighted by Gasteiger charge is -2.15. The van der Waals surface area contributed by atoms with Gasteiger partial charge in [-0.25, -0.2) is 9.59 Å². The number of nitrogens with one attached hydrogen (secondary N) is 2. The fraction of sp³-hybridized carbons (Fsp3) is 0.333. The molecule has 2 amide bonds. The van der Waals surface area contributed by atoms with E-state index in [2.05, 4.69) is 27.1 Å². The standard InChI is InChI=1S/C15H19N3O4/c1-4-5-13(14(19)22-3)17-15(20)16-12-8-6-11(7-9-12)10(2)18-21/h4,6-10,13H,1,5H2,2-3H3,(H2,16,17,20). The van der Waals surface area contributed by atoms with Crippen LogP contribution in [-0.2, 0) is 9.53 Å². The lowest BCUT2D eigenvalue weighted by atomic mass is 10.1. The van der Waals surface area contributed by atoms with Gasteiger partial charge in [-0.1, -0.05) is 23.4 Å². The number of carbonyl (C=O) groups excluding carboxylic acids is 2. The number of nitroso groups, excluding NO2 is 1. The Morgan fingerprint density at radius 3 is 2.50 bits per heavy atom. The number of anilines is 1. The zero-order valence-corrected chi connectivity index (χ0v) is 12.5. The van der Waals surface area contributed by atoms with Gasteiger partial charge in [0.15, 0.2) is 0 Å². The number of ether oxygens (including phenoxy) is 1. The van der Waals surface area contributed by atoms with Gasteiger partial charge in [0.1, 0.15) is 12.1 Å². The van der Waals surface area contributed by atoms with Crippen molar-refractivity contribution in [1.29, 1.82) is 0 Å². The highest BCUT2D eigenvalue weighted by Crippen LogP contribution is 2.18. The Bertz CT molecular complexity index is 542. The van der Waals surface area contributed by atoms with E-state index in [1.165, 1.54) is 13.2 Å². The van der Waals surface area contributed by atoms with Crippen molar-refractivity contribution in [3.63, 3.8) is 0 Å². The number of hydrogen-bond donors (Lipinski definition) is 2. The smallest absolute Gasteiger partial charge is 0.328 e. The van der Waals surface area contributed by atoms with Crippen LogP contribution >= 0.6 is 0 Å². The maximum absolute atomic E-state index is 11.9. The van der Waals surface area contributed by atoms with Crippen molar-refractivity contribution in [1.82, 2.24) is 5.32 Å². The molecule has 2 atom stereocenters. The summed E-state index contributed by atoms with van der Waals surface area (Å²) in [5.41, 5.74) is 1.28. The van der Waals surface area contributed by atoms with E-state index in [-0.39, 0.29) is 6.42 Å². The molecule has 118 valence electrons. The van der Waals surface area contributed by atoms with Crippen molar-refractivity contribution in [3.8, 4) is 0 Å². The maximum atomic E-state index is 11.9. The molecule has 0 bridgehead atoms. The summed E-state index contributed by atoms with van der Waals surface area (Å²) >= 11 is 0. The van der Waals surface area contributed by atoms with E-state index in [0.29, 0.717) is 5.69 Å². The summed E-state index contributed by atoms with van der Waals surface area (Å²) in [6, 6.07) is 4.92. The molecule has 22 heavy (non-hydrogen) atoms. The topological polar surface area (TPSA) is 96.9 Å². The van der Waals surface area contributed by atoms with Gasteiger partial charge in [0.05, 0.1) is 7.11 Å². The van der Waals surface area contributed by atoms with Crippen LogP contribution in [0.5, 0.6) is 0 Å². The molecule has 0 saturated heterocycles. The fourth-order valence-electron chi connectivity index (χ4n) is 1.75. The second kappa shape index (κ2) is 8.56. The molecule has 2 unspecified atom stereocenters. The largest absolute Gasteiger partial charge is 0.467 e. The molecule has 0 heterocycles. The van der Waals surface area contributed by atoms with Gasteiger partial charge < -0.3 is 15.4 Å². The first kappa shape index (κ1) is 17.4. The normalized spacial score (nSPS) is 12.6. The van der Waals surface area contributed by atoms with Gasteiger partial charge >= 0.3 is 12.0 Å². The SMILES string of the molecule is C=CCC(NC(=O)Nc1ccc(C(C)N=O)cc1)C(=O)OC. The molecule has 2 N–H and O–H groups in total. The van der Waals surface area contributed by atoms with E-state index < -0.39 is 24.1 Å². The van der Waals surface area contributed by atoms with Crippen molar-refractivity contribution in [2.75, 3.05) is 12.4 Å². The van der Waals surface area contributed by atoms with Crippen molar-refractivity contribution in [3.05, 3.63) is 47.4 Å². The minimum atomic E-state index is -0.791. The molecule has 7 nitrogen and oxygen atoms in total. The summed E-state index contributed by atoms with van der Waals surface area (Å²) in [5.74, 6) is -0.545. The second-order valence-electron chi connectivity index (χ2n) is 4.60. The highest BCUT2D eigenvalue weighted by Gasteiger charge is 2.19. The molecular formula is C15H19N3O4. The van der Waals surface area contributed by atoms with Crippen LogP contribution in [0.15, 0.2) is 42.1 Å². The molecule has 1 aromatic rings. The van der Waals surface area contributed by atoms with E-state index >= 15 is 0 Å². The van der Waals surface area contributed by atoms with Crippen LogP contribution in [0.1, 0.15) is 24.9 Å². The Morgan fingerprint density at radius 1 is 1.36 bits per heavy atom. The fourth-order valence-corrected chi connectivity index (χ4v) is 1.75. The Morgan fingerprint density at radius 2 is 2.00 bits per heavy atom. The van der Waals surface area contributed by atoms with E-state index in [0.717, 1.165) is 5.56 Å². The lowest BCUT2D eigenvalue weighted by Crippen LogP contribution is -2.43. The minimum absolute atomic E-state index is 0.265. The highest BCUT2D eigenvalue weighted by atomic mass is 16.5. The molecule has 7 heteroatoms. The lowest BCUT2D eigenvalue weighted by molar-refractivity contribution is -0.142. The summed E-state index contributed by atoms with van der Waals surface area (Å²) < 4.78 is 4.60. The molecule has 0 fully saturated rings. The summed E-state index contributed by atoms with van der Waals surface area (Å²) in [5, 5.41) is 8.02. The zero-order chi connectivity index (χ0) is 16.5. The number of urea groups is 1. The van der Waals surface area contributed by atoms with Gasteiger partial charge in [-0.3, -0.25) is 0 Å². The van der Waals surface area contributed by atoms with Crippen LogP contribution in [0.2, 0.25) is 0 Å². The van der Waals surface area contributed by atoms with Gasteiger partial charge in [0, 0.05) is 5.69 Å². The zero-order valence-electron chi connectivity index (χ0n) is 12.5. The van der Waals surface area contributed by atoms with Gasteiger partial charge in [0.25, 0.3) is 0 Å². The molecule has 0 radical (unpaired) electrons. The van der Waals surface area contributed by atoms with Crippen LogP contribution in [0.4, 0.5) is 10.5 Å². The Labute approximate surface area is 128 Å². The predicted molar refractivity (Wildman–Crippen MR) is 83.4 cm³/mol. The van der Waals surface area contributed by atoms with Crippen molar-refractivity contribution >= 4 is 17.7 Å². The first-order valence-corrected chi connectivity index (χ1v) is 6.70. The number of amides is 2. The highest BCUT2D eigenvalue weighted by molar-refractivity contribution is 5.92. The third-order valence-electron chi connectivity index (χ3n) is 3.00. The van der Waals surface area contributed by atoms with E-state index in [9.17, 15) is 14.5 Å². The van der Waals surface area contributed by atoms with Crippen molar-refractivity contribution in [2.45, 2.75) is 25.4 Å². The third kappa shape index (κ3) is 5.01. The molecule has 0 aromatic heterocycles. The minimum Gasteiger partial charge on any atom is -0.467 e. The average molecular weight is 305 g/mol. The third-order valence-corrected chi connectivity index (χ3v) is 3.00. The molecule has 0 aliphatic carbocycles. The van der Waals surface area contributed by atoms with Crippen LogP contribution in [-0.4, -0.2) is 25.2 Å². The van der Waals surface area contributed by atoms with E-state index in [4.69, 9.17) is 0 Å². The molecule has 0 saturated carbocycles. The van der Waals surface area contributed by atoms with E-state index in [1.54, 1.807) is 31.2 Å². The first-order valence-electron chi connectivity index (χ1n) is 6.70. The number of methoxy groups -OCH3 is 1. The van der Waals surface area contributed by atoms with Crippen LogP contribution < -0.4 is 10.6 Å². The van der Waals surface area contributed by atoms with Crippen LogP contribution in [0, 0.1) is 4.91 Å². The van der Waals surface area contributed by atoms with Gasteiger partial charge in [-0.15, -0.1) is 6.58 Å². The van der Waals surface area contributed by atoms with Crippen LogP contribution in [0.3, 0.4) is 0 Å². The summed E-state index contributed by atoms with van der Waals surface area (Å²) in [7, 11) is 1.25. The number of hydrogen-bond acceptors (Lipinski definition) is 5. The monoisotopic (exact) mass is 305 g/mol. The number of rotatable bonds is 7. The first-order chi connectivity index (χ1) is 10.5. The van der Waals surface area contributed by atoms with Crippen LogP contribution in [0.25, 0.3) is 0 Å². The summed E-state index contributed by atoms with van der Waals surface area (Å²) in [6.45, 7) is 5.21. The molecule has 1 aromatic carbocycles. The molecular weight excluding hydrogens is 286 g/mol. The Kier molecular flexibility index (Phi) is 6.75. The van der Waals surface area contributed by atoms with Crippen molar-refractivity contribution < 1.29 is 14.3 Å². The maximum Gasteiger partial charge on any atom is 0.328 e. The molecule has 1 rings (SSSR count). The molecule has 0 spiro atoms. The van der Waals surface area contributed by atoms with Gasteiger partial charge in [0.2, 0.25) is 0 Å². The number of carbonyl (C=O) groups is 2. The number of esters is 1. The average Bonchev–Trinajstić information content (AvgIpc) is 2.53. The van der Waals surface area contributed by atoms with Gasteiger partial charge in [-0.05, 0) is 31.0 Å². The van der Waals surface area contributed by atoms with Gasteiger partial charge in [-0.2, -0.15) is 4.91 Å². The summed E-state index contributed by atoms with van der Waals surface area (Å²) in [4.78, 5) is 33.8. The van der Waals surface area contributed by atoms with Crippen molar-refractivity contribution in [2.24, 2.45) is 5.18 Å². The van der Waals surface area contributed by atoms with E-state index in [1.807, 2.05) is 0 Å². The molecule has 0 aliphatic heterocycles. The predicted octanol–water partition coefficient (Wildman–Crippen LogP) is 2.75. The quantitative estimate of drug-likeness (QED) is 0.460. The Balaban J connectivity index is 2.65. The Hall–Kier alpha value is -2.70.